The van der Waals surface area contributed by atoms with E-state index in [1.165, 1.54) is 18.3 Å². The first kappa shape index (κ1) is 12.1. The van der Waals surface area contributed by atoms with Crippen molar-refractivity contribution in [3.63, 3.8) is 0 Å². The fraction of sp³-hybridized carbons (Fsp3) is 0.182. The van der Waals surface area contributed by atoms with Crippen molar-refractivity contribution in [1.29, 1.82) is 0 Å². The first-order valence-corrected chi connectivity index (χ1v) is 6.77. The topological polar surface area (TPSA) is 52.0 Å². The molecule has 0 saturated carbocycles. The summed E-state index contributed by atoms with van der Waals surface area (Å²) in [7, 11) is -3.61. The van der Waals surface area contributed by atoms with Crippen molar-refractivity contribution >= 4 is 21.6 Å². The molecule has 0 aliphatic rings. The molecule has 0 spiro atoms. The second-order valence-electron chi connectivity index (χ2n) is 3.75. The highest BCUT2D eigenvalue weighted by atomic mass is 35.5. The number of hydrogen-bond donors (Lipinski definition) is 0. The fourth-order valence-corrected chi connectivity index (χ4v) is 2.77. The van der Waals surface area contributed by atoms with E-state index in [-0.39, 0.29) is 4.90 Å². The van der Waals surface area contributed by atoms with Crippen molar-refractivity contribution in [2.75, 3.05) is 0 Å². The Morgan fingerprint density at radius 3 is 2.47 bits per heavy atom. The maximum Gasteiger partial charge on any atom is 0.282 e. The molecular weight excluding hydrogens is 260 g/mol. The van der Waals surface area contributed by atoms with Gasteiger partial charge in [-0.05, 0) is 43.7 Å². The molecule has 1 aromatic heterocycles. The van der Waals surface area contributed by atoms with Gasteiger partial charge in [0, 0.05) is 11.2 Å². The highest BCUT2D eigenvalue weighted by molar-refractivity contribution is 7.89. The fourth-order valence-electron chi connectivity index (χ4n) is 1.41. The summed E-state index contributed by atoms with van der Waals surface area (Å²) in [5.74, 6) is 0. The molecule has 90 valence electrons. The molecule has 0 saturated heterocycles. The van der Waals surface area contributed by atoms with E-state index in [2.05, 4.69) is 5.10 Å². The molecule has 1 heterocycles. The van der Waals surface area contributed by atoms with Crippen LogP contribution < -0.4 is 0 Å². The molecule has 2 rings (SSSR count). The van der Waals surface area contributed by atoms with E-state index in [1.54, 1.807) is 26.0 Å². The Labute approximate surface area is 105 Å². The van der Waals surface area contributed by atoms with E-state index in [9.17, 15) is 8.42 Å². The van der Waals surface area contributed by atoms with Crippen molar-refractivity contribution in [3.8, 4) is 0 Å². The molecule has 1 aromatic carbocycles. The maximum absolute atomic E-state index is 12.2. The van der Waals surface area contributed by atoms with Gasteiger partial charge in [-0.3, -0.25) is 0 Å². The summed E-state index contributed by atoms with van der Waals surface area (Å²) in [4.78, 5) is 0.183. The van der Waals surface area contributed by atoms with Crippen LogP contribution in [0.2, 0.25) is 5.02 Å². The molecule has 6 heteroatoms. The average molecular weight is 271 g/mol. The summed E-state index contributed by atoms with van der Waals surface area (Å²) in [5.41, 5.74) is 1.37. The third kappa shape index (κ3) is 2.21. The third-order valence-electron chi connectivity index (χ3n) is 2.37. The number of rotatable bonds is 2. The highest BCUT2D eigenvalue weighted by Gasteiger charge is 2.18. The Morgan fingerprint density at radius 2 is 1.94 bits per heavy atom. The molecule has 17 heavy (non-hydrogen) atoms. The Balaban J connectivity index is 2.56. The van der Waals surface area contributed by atoms with Gasteiger partial charge in [0.05, 0.1) is 10.6 Å². The summed E-state index contributed by atoms with van der Waals surface area (Å²) in [6.45, 7) is 3.49. The molecule has 4 nitrogen and oxygen atoms in total. The van der Waals surface area contributed by atoms with Crippen molar-refractivity contribution in [3.05, 3.63) is 46.7 Å². The first-order chi connectivity index (χ1) is 7.91. The molecule has 0 radical (unpaired) electrons. The Bertz CT molecular complexity index is 662. The Morgan fingerprint density at radius 1 is 1.24 bits per heavy atom. The number of hydrogen-bond acceptors (Lipinski definition) is 3. The molecular formula is C11H11ClN2O2S. The van der Waals surface area contributed by atoms with Gasteiger partial charge in [0.15, 0.2) is 0 Å². The second-order valence-corrected chi connectivity index (χ2v) is 5.95. The van der Waals surface area contributed by atoms with Gasteiger partial charge in [0.1, 0.15) is 0 Å². The zero-order valence-electron chi connectivity index (χ0n) is 9.38. The smallest absolute Gasteiger partial charge is 0.199 e. The van der Waals surface area contributed by atoms with Crippen LogP contribution >= 0.6 is 11.6 Å². The van der Waals surface area contributed by atoms with E-state index in [4.69, 9.17) is 11.6 Å². The lowest BCUT2D eigenvalue weighted by Gasteiger charge is -2.06. The van der Waals surface area contributed by atoms with Crippen LogP contribution in [0.4, 0.5) is 0 Å². The molecule has 0 amide bonds. The van der Waals surface area contributed by atoms with Crippen molar-refractivity contribution in [1.82, 2.24) is 9.19 Å². The quantitative estimate of drug-likeness (QED) is 0.842. The SMILES string of the molecule is Cc1ccn(S(=O)(=O)c2ccc(Cl)c(C)c2)n1. The molecule has 0 atom stereocenters. The van der Waals surface area contributed by atoms with E-state index in [0.29, 0.717) is 10.7 Å². The summed E-state index contributed by atoms with van der Waals surface area (Å²) in [6.07, 6.45) is 1.43. The minimum absolute atomic E-state index is 0.183. The van der Waals surface area contributed by atoms with E-state index in [1.807, 2.05) is 0 Å². The Kier molecular flexibility index (Phi) is 2.97. The third-order valence-corrected chi connectivity index (χ3v) is 4.34. The lowest BCUT2D eigenvalue weighted by atomic mass is 10.2. The average Bonchev–Trinajstić information content (AvgIpc) is 2.69. The van der Waals surface area contributed by atoms with Gasteiger partial charge in [-0.2, -0.15) is 17.6 Å². The zero-order chi connectivity index (χ0) is 12.6. The van der Waals surface area contributed by atoms with Crippen LogP contribution in [0.3, 0.4) is 0 Å². The molecule has 2 aromatic rings. The van der Waals surface area contributed by atoms with E-state index < -0.39 is 10.0 Å². The molecule has 0 aliphatic carbocycles. The molecule has 0 bridgehead atoms. The van der Waals surface area contributed by atoms with Crippen LogP contribution in [0.25, 0.3) is 0 Å². The van der Waals surface area contributed by atoms with Crippen molar-refractivity contribution in [2.45, 2.75) is 18.7 Å². The maximum atomic E-state index is 12.2. The number of aryl methyl sites for hydroxylation is 2. The first-order valence-electron chi connectivity index (χ1n) is 4.95. The molecule has 0 fully saturated rings. The molecule has 0 unspecified atom stereocenters. The van der Waals surface area contributed by atoms with Gasteiger partial charge in [-0.25, -0.2) is 0 Å². The van der Waals surface area contributed by atoms with Gasteiger partial charge < -0.3 is 0 Å². The summed E-state index contributed by atoms with van der Waals surface area (Å²) in [6, 6.07) is 6.22. The number of nitrogens with zero attached hydrogens (tertiary/aromatic N) is 2. The van der Waals surface area contributed by atoms with Crippen LogP contribution in [-0.4, -0.2) is 17.6 Å². The van der Waals surface area contributed by atoms with Gasteiger partial charge in [-0.15, -0.1) is 0 Å². The zero-order valence-corrected chi connectivity index (χ0v) is 11.0. The lowest BCUT2D eigenvalue weighted by Crippen LogP contribution is -2.13. The minimum atomic E-state index is -3.61. The second kappa shape index (κ2) is 4.16. The van der Waals surface area contributed by atoms with Crippen LogP contribution in [0, 0.1) is 13.8 Å². The Hall–Kier alpha value is -1.33. The predicted molar refractivity (Wildman–Crippen MR) is 65.7 cm³/mol. The summed E-state index contributed by atoms with van der Waals surface area (Å²) < 4.78 is 25.3. The van der Waals surface area contributed by atoms with Gasteiger partial charge in [0.25, 0.3) is 10.0 Å². The largest absolute Gasteiger partial charge is 0.282 e. The number of benzene rings is 1. The van der Waals surface area contributed by atoms with E-state index >= 15 is 0 Å². The van der Waals surface area contributed by atoms with Gasteiger partial charge >= 0.3 is 0 Å². The molecule has 0 aliphatic heterocycles. The normalized spacial score (nSPS) is 11.7. The summed E-state index contributed by atoms with van der Waals surface area (Å²) >= 11 is 5.86. The summed E-state index contributed by atoms with van der Waals surface area (Å²) in [5, 5.41) is 4.45. The van der Waals surface area contributed by atoms with Crippen LogP contribution in [-0.2, 0) is 10.0 Å². The van der Waals surface area contributed by atoms with Crippen LogP contribution in [0.15, 0.2) is 35.4 Å². The van der Waals surface area contributed by atoms with Crippen LogP contribution in [0.1, 0.15) is 11.3 Å². The standard InChI is InChI=1S/C11H11ClN2O2S/c1-8-7-10(3-4-11(8)12)17(15,16)14-6-5-9(2)13-14/h3-7H,1-2H3. The predicted octanol–water partition coefficient (Wildman–Crippen LogP) is 2.39. The van der Waals surface area contributed by atoms with E-state index in [0.717, 1.165) is 9.65 Å². The monoisotopic (exact) mass is 270 g/mol. The number of halogens is 1. The van der Waals surface area contributed by atoms with Gasteiger partial charge in [-0.1, -0.05) is 11.6 Å². The minimum Gasteiger partial charge on any atom is -0.199 e. The van der Waals surface area contributed by atoms with Crippen LogP contribution in [0.5, 0.6) is 0 Å². The van der Waals surface area contributed by atoms with Crippen molar-refractivity contribution in [2.24, 2.45) is 0 Å². The van der Waals surface area contributed by atoms with Crippen molar-refractivity contribution < 1.29 is 8.42 Å². The number of aromatic nitrogens is 2. The molecule has 0 N–H and O–H groups in total. The highest BCUT2D eigenvalue weighted by Crippen LogP contribution is 2.20. The van der Waals surface area contributed by atoms with Gasteiger partial charge in [0.2, 0.25) is 0 Å². The lowest BCUT2D eigenvalue weighted by molar-refractivity contribution is 0.579.